The fourth-order valence-corrected chi connectivity index (χ4v) is 4.12. The van der Waals surface area contributed by atoms with Gasteiger partial charge in [-0.1, -0.05) is 12.1 Å². The Morgan fingerprint density at radius 1 is 1.33 bits per heavy atom. The summed E-state index contributed by atoms with van der Waals surface area (Å²) >= 11 is 3.38. The van der Waals surface area contributed by atoms with Crippen LogP contribution in [0.4, 0.5) is 5.69 Å². The van der Waals surface area contributed by atoms with Crippen LogP contribution in [0.25, 0.3) is 0 Å². The highest BCUT2D eigenvalue weighted by Crippen LogP contribution is 2.38. The number of benzene rings is 1. The lowest BCUT2D eigenvalue weighted by Gasteiger charge is -2.24. The van der Waals surface area contributed by atoms with E-state index in [1.54, 1.807) is 23.5 Å². The van der Waals surface area contributed by atoms with Gasteiger partial charge in [0.25, 0.3) is 0 Å². The smallest absolute Gasteiger partial charge is 0.233 e. The number of aliphatic hydroxyl groups excluding tert-OH is 1. The molecule has 1 atom stereocenters. The number of aliphatic hydroxyl groups is 1. The molecule has 116 valence electrons. The van der Waals surface area contributed by atoms with Crippen LogP contribution in [0.5, 0.6) is 0 Å². The molecule has 1 heterocycles. The second kappa shape index (κ2) is 7.96. The Kier molecular flexibility index (Phi) is 6.26. The number of rotatable bonds is 7. The van der Waals surface area contributed by atoms with Gasteiger partial charge in [-0.05, 0) is 17.7 Å². The first kappa shape index (κ1) is 16.5. The maximum atomic E-state index is 12.0. The van der Waals surface area contributed by atoms with Crippen LogP contribution >= 0.6 is 23.5 Å². The molecule has 0 spiro atoms. The average Bonchev–Trinajstić information content (AvgIpc) is 2.85. The minimum absolute atomic E-state index is 0.128. The normalized spacial score (nSPS) is 18.3. The molecular formula is C15H22N2O2S2. The maximum Gasteiger partial charge on any atom is 0.233 e. The van der Waals surface area contributed by atoms with Gasteiger partial charge in [-0.15, -0.1) is 11.8 Å². The van der Waals surface area contributed by atoms with Crippen LogP contribution in [0.1, 0.15) is 10.9 Å². The molecule has 21 heavy (non-hydrogen) atoms. The molecule has 0 aromatic heterocycles. The van der Waals surface area contributed by atoms with E-state index in [-0.39, 0.29) is 17.9 Å². The van der Waals surface area contributed by atoms with Gasteiger partial charge in [0.1, 0.15) is 5.37 Å². The molecule has 1 N–H and O–H groups in total. The molecule has 0 saturated carbocycles. The highest BCUT2D eigenvalue weighted by Gasteiger charge is 2.32. The lowest BCUT2D eigenvalue weighted by atomic mass is 10.2. The molecule has 1 aromatic carbocycles. The zero-order valence-electron chi connectivity index (χ0n) is 12.5. The molecule has 1 aromatic rings. The third-order valence-electron chi connectivity index (χ3n) is 3.37. The van der Waals surface area contributed by atoms with E-state index in [0.717, 1.165) is 23.7 Å². The van der Waals surface area contributed by atoms with Crippen LogP contribution in [-0.2, 0) is 4.79 Å². The van der Waals surface area contributed by atoms with Crippen LogP contribution in [0.15, 0.2) is 24.3 Å². The van der Waals surface area contributed by atoms with E-state index in [9.17, 15) is 4.79 Å². The number of anilines is 1. The molecule has 1 unspecified atom stereocenters. The van der Waals surface area contributed by atoms with Gasteiger partial charge < -0.3 is 14.9 Å². The van der Waals surface area contributed by atoms with Crippen LogP contribution in [0.2, 0.25) is 0 Å². The minimum atomic E-state index is 0.128. The van der Waals surface area contributed by atoms with Crippen LogP contribution in [0, 0.1) is 0 Å². The largest absolute Gasteiger partial charge is 0.396 e. The molecule has 4 nitrogen and oxygen atoms in total. The number of nitrogens with zero attached hydrogens (tertiary/aromatic N) is 2. The lowest BCUT2D eigenvalue weighted by Crippen LogP contribution is -2.30. The molecule has 1 saturated heterocycles. The number of carbonyl (C=O) groups excluding carboxylic acids is 1. The van der Waals surface area contributed by atoms with Crippen molar-refractivity contribution in [3.8, 4) is 0 Å². The van der Waals surface area contributed by atoms with Gasteiger partial charge in [0.05, 0.1) is 12.4 Å². The summed E-state index contributed by atoms with van der Waals surface area (Å²) < 4.78 is 0. The third kappa shape index (κ3) is 4.31. The highest BCUT2D eigenvalue weighted by molar-refractivity contribution is 8.00. The number of thioether (sulfide) groups is 2. The third-order valence-corrected chi connectivity index (χ3v) is 5.57. The Morgan fingerprint density at radius 3 is 2.67 bits per heavy atom. The van der Waals surface area contributed by atoms with Gasteiger partial charge in [-0.2, -0.15) is 11.8 Å². The molecule has 1 aliphatic rings. The van der Waals surface area contributed by atoms with E-state index < -0.39 is 0 Å². The summed E-state index contributed by atoms with van der Waals surface area (Å²) in [5, 5.41) is 8.93. The number of amides is 1. The summed E-state index contributed by atoms with van der Waals surface area (Å²) in [6.45, 7) is 0.944. The Labute approximate surface area is 134 Å². The van der Waals surface area contributed by atoms with E-state index in [1.165, 1.54) is 5.56 Å². The second-order valence-electron chi connectivity index (χ2n) is 5.07. The number of carbonyl (C=O) groups is 1. The Hall–Kier alpha value is -0.850. The summed E-state index contributed by atoms with van der Waals surface area (Å²) in [5.74, 6) is 2.38. The summed E-state index contributed by atoms with van der Waals surface area (Å²) in [5.41, 5.74) is 2.35. The van der Waals surface area contributed by atoms with Crippen LogP contribution in [0.3, 0.4) is 0 Å². The van der Waals surface area contributed by atoms with E-state index in [0.29, 0.717) is 5.75 Å². The quantitative estimate of drug-likeness (QED) is 0.777. The zero-order valence-corrected chi connectivity index (χ0v) is 14.1. The van der Waals surface area contributed by atoms with Crippen molar-refractivity contribution in [2.75, 3.05) is 49.4 Å². The first-order valence-corrected chi connectivity index (χ1v) is 9.21. The molecule has 0 bridgehead atoms. The van der Waals surface area contributed by atoms with E-state index in [2.05, 4.69) is 29.2 Å². The molecule has 0 aliphatic carbocycles. The molecule has 1 amide bonds. The van der Waals surface area contributed by atoms with Crippen LogP contribution in [-0.4, -0.2) is 60.4 Å². The molecule has 0 radical (unpaired) electrons. The molecule has 6 heteroatoms. The van der Waals surface area contributed by atoms with Crippen molar-refractivity contribution in [2.45, 2.75) is 5.37 Å². The first-order chi connectivity index (χ1) is 10.1. The predicted octanol–water partition coefficient (Wildman–Crippen LogP) is 2.05. The number of hydrogen-bond acceptors (Lipinski definition) is 5. The fraction of sp³-hybridized carbons (Fsp3) is 0.533. The van der Waals surface area contributed by atoms with Crippen molar-refractivity contribution in [1.29, 1.82) is 0 Å². The van der Waals surface area contributed by atoms with E-state index >= 15 is 0 Å². The first-order valence-electron chi connectivity index (χ1n) is 7.00. The maximum absolute atomic E-state index is 12.0. The lowest BCUT2D eigenvalue weighted by molar-refractivity contribution is -0.127. The monoisotopic (exact) mass is 326 g/mol. The molecule has 1 fully saturated rings. The Bertz CT molecular complexity index is 465. The summed E-state index contributed by atoms with van der Waals surface area (Å²) in [7, 11) is 4.04. The molecule has 1 aliphatic heterocycles. The van der Waals surface area contributed by atoms with Gasteiger partial charge in [0, 0.05) is 37.8 Å². The van der Waals surface area contributed by atoms with Crippen molar-refractivity contribution in [2.24, 2.45) is 0 Å². The van der Waals surface area contributed by atoms with Crippen molar-refractivity contribution in [3.63, 3.8) is 0 Å². The topological polar surface area (TPSA) is 43.8 Å². The van der Waals surface area contributed by atoms with Gasteiger partial charge in [-0.25, -0.2) is 0 Å². The Morgan fingerprint density at radius 2 is 2.05 bits per heavy atom. The zero-order chi connectivity index (χ0) is 15.2. The second-order valence-corrected chi connectivity index (χ2v) is 7.37. The van der Waals surface area contributed by atoms with E-state index in [1.807, 2.05) is 19.0 Å². The minimum Gasteiger partial charge on any atom is -0.396 e. The van der Waals surface area contributed by atoms with Gasteiger partial charge in [-0.3, -0.25) is 4.79 Å². The van der Waals surface area contributed by atoms with Gasteiger partial charge in [0.2, 0.25) is 5.91 Å². The predicted molar refractivity (Wildman–Crippen MR) is 92.1 cm³/mol. The van der Waals surface area contributed by atoms with Crippen molar-refractivity contribution < 1.29 is 9.90 Å². The molecular weight excluding hydrogens is 304 g/mol. The van der Waals surface area contributed by atoms with Crippen molar-refractivity contribution >= 4 is 35.1 Å². The van der Waals surface area contributed by atoms with Crippen molar-refractivity contribution in [1.82, 2.24) is 4.90 Å². The van der Waals surface area contributed by atoms with Gasteiger partial charge in [0.15, 0.2) is 0 Å². The summed E-state index contributed by atoms with van der Waals surface area (Å²) in [6.07, 6.45) is 0. The Balaban J connectivity index is 2.01. The fourth-order valence-electron chi connectivity index (χ4n) is 2.24. The summed E-state index contributed by atoms with van der Waals surface area (Å²) in [4.78, 5) is 16.1. The average molecular weight is 326 g/mol. The van der Waals surface area contributed by atoms with Gasteiger partial charge >= 0.3 is 0 Å². The standard InChI is InChI=1S/C15H22N2O2S2/c1-16(2)13-5-3-12(4-6-13)15-17(14(19)11-21-15)7-9-20-10-8-18/h3-6,15,18H,7-11H2,1-2H3. The summed E-state index contributed by atoms with van der Waals surface area (Å²) in [6, 6.07) is 8.41. The SMILES string of the molecule is CN(C)c1ccc(C2SCC(=O)N2CCSCCO)cc1. The van der Waals surface area contributed by atoms with Crippen LogP contribution < -0.4 is 4.90 Å². The number of hydrogen-bond donors (Lipinski definition) is 1. The van der Waals surface area contributed by atoms with Crippen molar-refractivity contribution in [3.05, 3.63) is 29.8 Å². The molecule has 2 rings (SSSR count). The van der Waals surface area contributed by atoms with E-state index in [4.69, 9.17) is 5.11 Å². The highest BCUT2D eigenvalue weighted by atomic mass is 32.2.